The van der Waals surface area contributed by atoms with Gasteiger partial charge in [-0.15, -0.1) is 0 Å². The van der Waals surface area contributed by atoms with Crippen molar-refractivity contribution in [2.45, 2.75) is 13.3 Å². The molecule has 0 bridgehead atoms. The molecule has 1 aromatic heterocycles. The molecule has 0 saturated heterocycles. The van der Waals surface area contributed by atoms with Crippen LogP contribution < -0.4 is 5.56 Å². The number of hydrogen-bond acceptors (Lipinski definition) is 2. The van der Waals surface area contributed by atoms with Gasteiger partial charge in [0.05, 0.1) is 12.0 Å². The van der Waals surface area contributed by atoms with Crippen LogP contribution in [-0.4, -0.2) is 10.1 Å². The normalized spacial score (nSPS) is 10.6. The smallest absolute Gasteiger partial charge is 0.248 e. The fraction of sp³-hybridized carbons (Fsp3) is 0.182. The van der Waals surface area contributed by atoms with Gasteiger partial charge in [-0.25, -0.2) is 0 Å². The maximum Gasteiger partial charge on any atom is 0.248 e. The Kier molecular flexibility index (Phi) is 3.29. The molecule has 0 radical (unpaired) electrons. The van der Waals surface area contributed by atoms with E-state index in [9.17, 15) is 4.79 Å². The maximum atomic E-state index is 11.2. The SMILES string of the molecule is C=Cc1c(CC)cc(=O)[nH]c1/C=C/O. The Morgan fingerprint density at radius 3 is 2.86 bits per heavy atom. The minimum atomic E-state index is -0.166. The number of aliphatic hydroxyl groups is 1. The van der Waals surface area contributed by atoms with Gasteiger partial charge in [0.15, 0.2) is 0 Å². The fourth-order valence-corrected chi connectivity index (χ4v) is 1.38. The van der Waals surface area contributed by atoms with Crippen molar-refractivity contribution in [3.05, 3.63) is 46.1 Å². The lowest BCUT2D eigenvalue weighted by atomic mass is 10.0. The molecule has 2 N–H and O–H groups in total. The van der Waals surface area contributed by atoms with Gasteiger partial charge in [-0.2, -0.15) is 0 Å². The number of aryl methyl sites for hydroxylation is 1. The monoisotopic (exact) mass is 191 g/mol. The van der Waals surface area contributed by atoms with E-state index < -0.39 is 0 Å². The first-order chi connectivity index (χ1) is 6.72. The second kappa shape index (κ2) is 4.46. The third kappa shape index (κ3) is 1.93. The zero-order valence-corrected chi connectivity index (χ0v) is 8.08. The third-order valence-corrected chi connectivity index (χ3v) is 2.03. The first-order valence-corrected chi connectivity index (χ1v) is 4.42. The molecular formula is C11H13NO2. The van der Waals surface area contributed by atoms with E-state index in [0.717, 1.165) is 23.8 Å². The standard InChI is InChI=1S/C11H13NO2/c1-3-8-7-11(14)12-10(5-6-13)9(8)4-2/h4-7,13H,2-3H2,1H3,(H,12,14)/b6-5+. The van der Waals surface area contributed by atoms with E-state index in [4.69, 9.17) is 5.11 Å². The number of hydrogen-bond donors (Lipinski definition) is 2. The molecule has 14 heavy (non-hydrogen) atoms. The summed E-state index contributed by atoms with van der Waals surface area (Å²) in [6.07, 6.45) is 4.77. The lowest BCUT2D eigenvalue weighted by molar-refractivity contribution is 0.478. The van der Waals surface area contributed by atoms with Gasteiger partial charge in [-0.3, -0.25) is 4.79 Å². The quantitative estimate of drug-likeness (QED) is 0.719. The minimum Gasteiger partial charge on any atom is -0.516 e. The Labute approximate surface area is 82.4 Å². The summed E-state index contributed by atoms with van der Waals surface area (Å²) >= 11 is 0. The molecule has 0 aliphatic carbocycles. The van der Waals surface area contributed by atoms with E-state index in [-0.39, 0.29) is 5.56 Å². The van der Waals surface area contributed by atoms with Crippen LogP contribution in [-0.2, 0) is 6.42 Å². The van der Waals surface area contributed by atoms with Gasteiger partial charge < -0.3 is 10.1 Å². The highest BCUT2D eigenvalue weighted by molar-refractivity contribution is 5.63. The van der Waals surface area contributed by atoms with Crippen molar-refractivity contribution in [2.75, 3.05) is 0 Å². The lowest BCUT2D eigenvalue weighted by Gasteiger charge is -2.05. The Balaban J connectivity index is 3.46. The van der Waals surface area contributed by atoms with Gasteiger partial charge in [0.2, 0.25) is 5.56 Å². The number of aromatic amines is 1. The zero-order chi connectivity index (χ0) is 10.6. The van der Waals surface area contributed by atoms with E-state index in [1.54, 1.807) is 12.1 Å². The van der Waals surface area contributed by atoms with Crippen molar-refractivity contribution in [3.63, 3.8) is 0 Å². The zero-order valence-electron chi connectivity index (χ0n) is 8.08. The molecule has 1 heterocycles. The summed E-state index contributed by atoms with van der Waals surface area (Å²) in [6.45, 7) is 5.64. The summed E-state index contributed by atoms with van der Waals surface area (Å²) < 4.78 is 0. The van der Waals surface area contributed by atoms with Crippen LogP contribution in [0.25, 0.3) is 12.2 Å². The summed E-state index contributed by atoms with van der Waals surface area (Å²) in [6, 6.07) is 1.55. The molecule has 74 valence electrons. The summed E-state index contributed by atoms with van der Waals surface area (Å²) in [5.74, 6) is 0. The lowest BCUT2D eigenvalue weighted by Crippen LogP contribution is -2.10. The van der Waals surface area contributed by atoms with Gasteiger partial charge in [-0.05, 0) is 18.1 Å². The van der Waals surface area contributed by atoms with Crippen LogP contribution in [0.3, 0.4) is 0 Å². The van der Waals surface area contributed by atoms with Crippen LogP contribution in [0.15, 0.2) is 23.7 Å². The van der Waals surface area contributed by atoms with E-state index in [1.165, 1.54) is 6.08 Å². The molecule has 0 atom stereocenters. The number of nitrogens with one attached hydrogen (secondary N) is 1. The van der Waals surface area contributed by atoms with Crippen molar-refractivity contribution >= 4 is 12.2 Å². The highest BCUT2D eigenvalue weighted by Gasteiger charge is 2.03. The van der Waals surface area contributed by atoms with Crippen molar-refractivity contribution in [3.8, 4) is 0 Å². The molecular weight excluding hydrogens is 178 g/mol. The molecule has 3 heteroatoms. The first-order valence-electron chi connectivity index (χ1n) is 4.42. The molecule has 0 fully saturated rings. The predicted octanol–water partition coefficient (Wildman–Crippen LogP) is 2.11. The summed E-state index contributed by atoms with van der Waals surface area (Å²) in [5, 5.41) is 8.66. The second-order valence-corrected chi connectivity index (χ2v) is 2.86. The highest BCUT2D eigenvalue weighted by Crippen LogP contribution is 2.13. The van der Waals surface area contributed by atoms with Gasteiger partial charge in [0.25, 0.3) is 0 Å². The van der Waals surface area contributed by atoms with Crippen LogP contribution in [0.1, 0.15) is 23.7 Å². The molecule has 0 aliphatic heterocycles. The van der Waals surface area contributed by atoms with Crippen molar-refractivity contribution in [1.29, 1.82) is 0 Å². The number of aromatic nitrogens is 1. The third-order valence-electron chi connectivity index (χ3n) is 2.03. The average Bonchev–Trinajstić information content (AvgIpc) is 2.17. The Morgan fingerprint density at radius 2 is 2.36 bits per heavy atom. The van der Waals surface area contributed by atoms with Gasteiger partial charge in [0.1, 0.15) is 0 Å². The van der Waals surface area contributed by atoms with E-state index in [2.05, 4.69) is 11.6 Å². The Morgan fingerprint density at radius 1 is 1.64 bits per heavy atom. The highest BCUT2D eigenvalue weighted by atomic mass is 16.2. The Bertz CT molecular complexity index is 416. The molecule has 0 saturated carbocycles. The van der Waals surface area contributed by atoms with Gasteiger partial charge in [-0.1, -0.05) is 19.6 Å². The number of pyridine rings is 1. The van der Waals surface area contributed by atoms with Crippen molar-refractivity contribution in [2.24, 2.45) is 0 Å². The number of H-pyrrole nitrogens is 1. The average molecular weight is 191 g/mol. The van der Waals surface area contributed by atoms with Crippen LogP contribution in [0, 0.1) is 0 Å². The Hall–Kier alpha value is -1.77. The van der Waals surface area contributed by atoms with Gasteiger partial charge in [0, 0.05) is 11.6 Å². The van der Waals surface area contributed by atoms with Crippen molar-refractivity contribution in [1.82, 2.24) is 4.98 Å². The largest absolute Gasteiger partial charge is 0.516 e. The predicted molar refractivity (Wildman–Crippen MR) is 58.2 cm³/mol. The summed E-state index contributed by atoms with van der Waals surface area (Å²) in [7, 11) is 0. The fourth-order valence-electron chi connectivity index (χ4n) is 1.38. The minimum absolute atomic E-state index is 0.166. The van der Waals surface area contributed by atoms with Crippen molar-refractivity contribution < 1.29 is 5.11 Å². The molecule has 0 aliphatic rings. The van der Waals surface area contributed by atoms with Crippen LogP contribution >= 0.6 is 0 Å². The number of aliphatic hydroxyl groups excluding tert-OH is 1. The first kappa shape index (κ1) is 10.3. The molecule has 1 aromatic rings. The van der Waals surface area contributed by atoms with Crippen LogP contribution in [0.5, 0.6) is 0 Å². The number of rotatable bonds is 3. The molecule has 0 unspecified atom stereocenters. The van der Waals surface area contributed by atoms with E-state index in [1.807, 2.05) is 6.92 Å². The molecule has 0 aromatic carbocycles. The van der Waals surface area contributed by atoms with E-state index in [0.29, 0.717) is 5.69 Å². The maximum absolute atomic E-state index is 11.2. The summed E-state index contributed by atoms with van der Waals surface area (Å²) in [4.78, 5) is 13.8. The molecule has 0 spiro atoms. The van der Waals surface area contributed by atoms with Crippen LogP contribution in [0.2, 0.25) is 0 Å². The second-order valence-electron chi connectivity index (χ2n) is 2.86. The molecule has 0 amide bonds. The molecule has 3 nitrogen and oxygen atoms in total. The van der Waals surface area contributed by atoms with Crippen LogP contribution in [0.4, 0.5) is 0 Å². The topological polar surface area (TPSA) is 53.1 Å². The summed E-state index contributed by atoms with van der Waals surface area (Å²) in [5.41, 5.74) is 2.21. The van der Waals surface area contributed by atoms with E-state index >= 15 is 0 Å². The van der Waals surface area contributed by atoms with Gasteiger partial charge >= 0.3 is 0 Å². The molecule has 1 rings (SSSR count).